The van der Waals surface area contributed by atoms with E-state index in [9.17, 15) is 8.42 Å². The van der Waals surface area contributed by atoms with E-state index in [2.05, 4.69) is 28.2 Å². The Morgan fingerprint density at radius 1 is 1.24 bits per heavy atom. The average molecular weight is 482 g/mol. The fourth-order valence-electron chi connectivity index (χ4n) is 4.96. The van der Waals surface area contributed by atoms with Crippen LogP contribution in [-0.4, -0.2) is 42.0 Å². The van der Waals surface area contributed by atoms with Crippen LogP contribution in [0.1, 0.15) is 36.1 Å². The van der Waals surface area contributed by atoms with Gasteiger partial charge in [0.2, 0.25) is 10.0 Å². The van der Waals surface area contributed by atoms with Crippen LogP contribution in [0, 0.1) is 5.92 Å². The van der Waals surface area contributed by atoms with Crippen molar-refractivity contribution in [1.29, 1.82) is 0 Å². The Kier molecular flexibility index (Phi) is 6.03. The number of fused-ring (bicyclic) bond motifs is 2. The summed E-state index contributed by atoms with van der Waals surface area (Å²) in [4.78, 5) is 7.32. The molecule has 2 aliphatic heterocycles. The average Bonchev–Trinajstić information content (AvgIpc) is 3.27. The minimum Gasteiger partial charge on any atom is -0.663 e. The maximum absolute atomic E-state index is 12.0. The van der Waals surface area contributed by atoms with Gasteiger partial charge in [-0.2, -0.15) is 6.20 Å². The summed E-state index contributed by atoms with van der Waals surface area (Å²) in [5, 5.41) is 5.55. The van der Waals surface area contributed by atoms with Gasteiger partial charge in [0.15, 0.2) is 0 Å². The minimum atomic E-state index is -3.18. The fourth-order valence-corrected chi connectivity index (χ4v) is 6.01. The quantitative estimate of drug-likeness (QED) is 0.629. The summed E-state index contributed by atoms with van der Waals surface area (Å²) in [6, 6.07) is 6.03. The largest absolute Gasteiger partial charge is 0.663 e. The number of rotatable bonds is 5. The lowest BCUT2D eigenvalue weighted by Gasteiger charge is -2.38. The topological polar surface area (TPSA) is 80.2 Å². The van der Waals surface area contributed by atoms with Crippen LogP contribution >= 0.6 is 11.6 Å². The number of aryl methyl sites for hydroxylation is 1. The Labute approximate surface area is 199 Å². The van der Waals surface area contributed by atoms with E-state index in [0.29, 0.717) is 18.1 Å². The number of halogens is 1. The summed E-state index contributed by atoms with van der Waals surface area (Å²) < 4.78 is 25.7. The van der Waals surface area contributed by atoms with Gasteiger partial charge in [0.25, 0.3) is 0 Å². The molecule has 0 radical (unpaired) electrons. The smallest absolute Gasteiger partial charge is 0.211 e. The molecule has 0 unspecified atom stereocenters. The zero-order chi connectivity index (χ0) is 23.0. The number of imidazole rings is 1. The zero-order valence-electron chi connectivity index (χ0n) is 18.5. The number of hydrogen-bond acceptors (Lipinski definition) is 3. The molecule has 33 heavy (non-hydrogen) atoms. The number of piperidine rings is 1. The van der Waals surface area contributed by atoms with Gasteiger partial charge < -0.3 is 10.3 Å². The van der Waals surface area contributed by atoms with E-state index in [1.165, 1.54) is 17.4 Å². The molecule has 2 aromatic rings. The standard InChI is InChI=1S/C25H26ClN4O2S/c1-33(31,32)30-11-8-17(9-12-30)24-22-7-5-20(26)14-19(22)13-18(4-6-21-15-27-16-29-21)23-3-2-10-28-25(23)24/h2-3,5,7,10,13-17H,4,6,8-9,11-12H2,1H3,(H,27,29)/q-1. The zero-order valence-corrected chi connectivity index (χ0v) is 20.0. The molecule has 3 aliphatic rings. The lowest BCUT2D eigenvalue weighted by molar-refractivity contribution is 0.312. The Balaban J connectivity index is 1.56. The molecule has 0 bridgehead atoms. The van der Waals surface area contributed by atoms with Gasteiger partial charge in [0.1, 0.15) is 0 Å². The van der Waals surface area contributed by atoms with Crippen molar-refractivity contribution in [2.24, 2.45) is 5.92 Å². The van der Waals surface area contributed by atoms with E-state index in [1.54, 1.807) is 10.6 Å². The normalized spacial score (nSPS) is 19.3. The lowest BCUT2D eigenvalue weighted by Crippen LogP contribution is -2.38. The van der Waals surface area contributed by atoms with Crippen LogP contribution in [0.25, 0.3) is 17.0 Å². The maximum atomic E-state index is 12.0. The van der Waals surface area contributed by atoms with Crippen molar-refractivity contribution in [2.75, 3.05) is 19.3 Å². The Hall–Kier alpha value is -2.61. The molecule has 6 nitrogen and oxygen atoms in total. The second-order valence-electron chi connectivity index (χ2n) is 8.73. The first kappa shape index (κ1) is 22.2. The summed E-state index contributed by atoms with van der Waals surface area (Å²) in [6.45, 7) is 1.05. The summed E-state index contributed by atoms with van der Waals surface area (Å²) in [5.41, 5.74) is 7.83. The molecule has 3 heterocycles. The minimum absolute atomic E-state index is 0.219. The van der Waals surface area contributed by atoms with Crippen LogP contribution in [0.2, 0.25) is 5.02 Å². The number of H-pyrrole nitrogens is 1. The van der Waals surface area contributed by atoms with Crippen molar-refractivity contribution in [3.05, 3.63) is 93.1 Å². The van der Waals surface area contributed by atoms with Crippen LogP contribution < -0.4 is 0 Å². The predicted octanol–water partition coefficient (Wildman–Crippen LogP) is 5.30. The van der Waals surface area contributed by atoms with Gasteiger partial charge in [-0.05, 0) is 66.0 Å². The summed E-state index contributed by atoms with van der Waals surface area (Å²) in [6.07, 6.45) is 16.3. The third kappa shape index (κ3) is 4.58. The first-order chi connectivity index (χ1) is 15.9. The summed E-state index contributed by atoms with van der Waals surface area (Å²) >= 11 is 6.41. The molecule has 1 aromatic heterocycles. The van der Waals surface area contributed by atoms with Crippen molar-refractivity contribution >= 4 is 33.3 Å². The number of aromatic amines is 1. The second kappa shape index (κ2) is 8.97. The molecular formula is C25H26ClN4O2S-. The van der Waals surface area contributed by atoms with Crippen molar-refractivity contribution in [1.82, 2.24) is 14.3 Å². The van der Waals surface area contributed by atoms with Gasteiger partial charge in [0, 0.05) is 30.0 Å². The summed E-state index contributed by atoms with van der Waals surface area (Å²) in [7, 11) is -3.18. The maximum Gasteiger partial charge on any atom is 0.211 e. The van der Waals surface area contributed by atoms with Gasteiger partial charge in [-0.15, -0.1) is 5.70 Å². The predicted molar refractivity (Wildman–Crippen MR) is 133 cm³/mol. The number of hydrogen-bond donors (Lipinski definition) is 1. The van der Waals surface area contributed by atoms with Crippen LogP contribution in [0.15, 0.2) is 65.9 Å². The van der Waals surface area contributed by atoms with Crippen molar-refractivity contribution in [2.45, 2.75) is 25.7 Å². The fraction of sp³-hybridized carbons (Fsp3) is 0.320. The van der Waals surface area contributed by atoms with Gasteiger partial charge in [-0.1, -0.05) is 41.5 Å². The highest BCUT2D eigenvalue weighted by molar-refractivity contribution is 7.88. The van der Waals surface area contributed by atoms with E-state index in [-0.39, 0.29) is 5.92 Å². The Morgan fingerprint density at radius 2 is 2.06 bits per heavy atom. The van der Waals surface area contributed by atoms with Crippen LogP contribution in [0.3, 0.4) is 0 Å². The summed E-state index contributed by atoms with van der Waals surface area (Å²) in [5.74, 6) is 0.219. The monoisotopic (exact) mass is 481 g/mol. The first-order valence-electron chi connectivity index (χ1n) is 11.2. The molecule has 0 atom stereocenters. The van der Waals surface area contributed by atoms with Crippen LogP contribution in [-0.2, 0) is 16.4 Å². The van der Waals surface area contributed by atoms with Crippen LogP contribution in [0.4, 0.5) is 0 Å². The molecule has 1 aliphatic carbocycles. The van der Waals surface area contributed by atoms with Crippen molar-refractivity contribution < 1.29 is 8.42 Å². The Morgan fingerprint density at radius 3 is 2.79 bits per heavy atom. The van der Waals surface area contributed by atoms with Gasteiger partial charge >= 0.3 is 0 Å². The SMILES string of the molecule is CS(=O)(=O)N1CCC(C2=C3[N-]C=CC=C3C(CCc3cnc[nH]3)=Cc3cc(Cl)ccc32)CC1. The first-order valence-corrected chi connectivity index (χ1v) is 13.4. The van der Waals surface area contributed by atoms with Gasteiger partial charge in [-0.3, -0.25) is 0 Å². The van der Waals surface area contributed by atoms with Crippen molar-refractivity contribution in [3.63, 3.8) is 0 Å². The number of nitrogens with one attached hydrogen (secondary N) is 1. The molecule has 1 aromatic carbocycles. The van der Waals surface area contributed by atoms with E-state index in [1.807, 2.05) is 30.6 Å². The van der Waals surface area contributed by atoms with Gasteiger partial charge in [-0.25, -0.2) is 17.7 Å². The molecular weight excluding hydrogens is 456 g/mol. The molecule has 0 spiro atoms. The number of sulfonamides is 1. The molecule has 5 rings (SSSR count). The second-order valence-corrected chi connectivity index (χ2v) is 11.1. The number of benzene rings is 1. The highest BCUT2D eigenvalue weighted by atomic mass is 35.5. The van der Waals surface area contributed by atoms with E-state index < -0.39 is 10.0 Å². The van der Waals surface area contributed by atoms with E-state index >= 15 is 0 Å². The van der Waals surface area contributed by atoms with Crippen molar-refractivity contribution in [3.8, 4) is 0 Å². The number of allylic oxidation sites excluding steroid dienone is 4. The molecule has 0 saturated carbocycles. The third-order valence-electron chi connectivity index (χ3n) is 6.59. The highest BCUT2D eigenvalue weighted by Crippen LogP contribution is 2.46. The molecule has 1 saturated heterocycles. The highest BCUT2D eigenvalue weighted by Gasteiger charge is 2.30. The molecule has 1 N–H and O–H groups in total. The van der Waals surface area contributed by atoms with Crippen LogP contribution in [0.5, 0.6) is 0 Å². The number of aromatic nitrogens is 2. The van der Waals surface area contributed by atoms with Gasteiger partial charge in [0.05, 0.1) is 12.6 Å². The molecule has 8 heteroatoms. The lowest BCUT2D eigenvalue weighted by atomic mass is 9.82. The van der Waals surface area contributed by atoms with E-state index in [0.717, 1.165) is 53.8 Å². The molecule has 0 amide bonds. The molecule has 1 fully saturated rings. The third-order valence-corrected chi connectivity index (χ3v) is 8.13. The van der Waals surface area contributed by atoms with E-state index in [4.69, 9.17) is 16.9 Å². The molecule has 172 valence electrons. The Bertz CT molecular complexity index is 1280. The number of nitrogens with zero attached hydrogens (tertiary/aromatic N) is 3.